The summed E-state index contributed by atoms with van der Waals surface area (Å²) >= 11 is 1.65. The molecule has 1 aliphatic heterocycles. The molecule has 1 fully saturated rings. The van der Waals surface area contributed by atoms with Gasteiger partial charge < -0.3 is 5.32 Å². The summed E-state index contributed by atoms with van der Waals surface area (Å²) in [4.78, 5) is 16.1. The summed E-state index contributed by atoms with van der Waals surface area (Å²) in [5.41, 5.74) is 2.92. The van der Waals surface area contributed by atoms with E-state index in [-0.39, 0.29) is 12.3 Å². The second-order valence-electron chi connectivity index (χ2n) is 8.23. The lowest BCUT2D eigenvalue weighted by atomic mass is 10.0. The number of amides is 1. The molecule has 0 spiro atoms. The van der Waals surface area contributed by atoms with Gasteiger partial charge >= 0.3 is 0 Å². The van der Waals surface area contributed by atoms with Crippen LogP contribution in [0.15, 0.2) is 54.0 Å². The van der Waals surface area contributed by atoms with E-state index in [1.54, 1.807) is 11.3 Å². The number of benzene rings is 1. The Morgan fingerprint density at radius 3 is 2.67 bits per heavy atom. The molecule has 4 rings (SSSR count). The fraction of sp³-hybridized carbons (Fsp3) is 0.391. The molecule has 1 aromatic carbocycles. The van der Waals surface area contributed by atoms with Crippen LogP contribution < -0.4 is 5.32 Å². The third-order valence-corrected chi connectivity index (χ3v) is 8.00. The molecule has 0 saturated carbocycles. The quantitative estimate of drug-likeness (QED) is 0.577. The minimum Gasteiger partial charge on any atom is -0.355 e. The summed E-state index contributed by atoms with van der Waals surface area (Å²) in [5.74, 6) is -0.151. The normalized spacial score (nSPS) is 19.7. The van der Waals surface area contributed by atoms with Crippen LogP contribution in [0, 0.1) is 0 Å². The number of aromatic amines is 1. The Morgan fingerprint density at radius 1 is 1.12 bits per heavy atom. The first-order valence-electron chi connectivity index (χ1n) is 11.0. The van der Waals surface area contributed by atoms with E-state index in [0.29, 0.717) is 39.1 Å². The smallest absolute Gasteiger partial charge is 0.222 e. The monoisotopic (exact) mass is 487 g/mol. The van der Waals surface area contributed by atoms with Crippen molar-refractivity contribution < 1.29 is 13.2 Å². The SMILES string of the molecule is CS(=O)(=O)N1CCCN(Cc2cn[nH]c2-c2cccs2)CCNC(=O)CC1c1ccccc1. The molecule has 8 nitrogen and oxygen atoms in total. The van der Waals surface area contributed by atoms with Crippen LogP contribution >= 0.6 is 11.3 Å². The van der Waals surface area contributed by atoms with Crippen LogP contribution in [0.4, 0.5) is 0 Å². The van der Waals surface area contributed by atoms with Crippen molar-refractivity contribution in [2.75, 3.05) is 32.4 Å². The molecule has 1 unspecified atom stereocenters. The lowest BCUT2D eigenvalue weighted by molar-refractivity contribution is -0.122. The Hall–Kier alpha value is -2.53. The van der Waals surface area contributed by atoms with Crippen LogP contribution in [0.3, 0.4) is 0 Å². The molecule has 10 heteroatoms. The molecule has 0 bridgehead atoms. The van der Waals surface area contributed by atoms with Gasteiger partial charge in [-0.05, 0) is 30.0 Å². The van der Waals surface area contributed by atoms with Crippen LogP contribution in [0.25, 0.3) is 10.6 Å². The van der Waals surface area contributed by atoms with E-state index in [2.05, 4.69) is 26.5 Å². The van der Waals surface area contributed by atoms with Crippen LogP contribution in [0.2, 0.25) is 0 Å². The maximum Gasteiger partial charge on any atom is 0.222 e. The second-order valence-corrected chi connectivity index (χ2v) is 11.1. The van der Waals surface area contributed by atoms with E-state index in [1.165, 1.54) is 10.6 Å². The van der Waals surface area contributed by atoms with Gasteiger partial charge in [-0.1, -0.05) is 36.4 Å². The standard InChI is InChI=1S/C23H29N5O3S2/c1-33(30,31)28-12-6-11-27(17-19-16-25-26-23(19)21-9-5-14-32-21)13-10-24-22(29)15-20(28)18-7-3-2-4-8-18/h2-5,7-9,14,16,20H,6,10-13,15,17H2,1H3,(H,24,29)(H,25,26). The molecule has 176 valence electrons. The van der Waals surface area contributed by atoms with Crippen molar-refractivity contribution in [2.45, 2.75) is 25.4 Å². The summed E-state index contributed by atoms with van der Waals surface area (Å²) in [6.07, 6.45) is 3.82. The molecule has 2 N–H and O–H groups in total. The van der Waals surface area contributed by atoms with Crippen LogP contribution in [-0.4, -0.2) is 66.2 Å². The third kappa shape index (κ3) is 6.08. The Kier molecular flexibility index (Phi) is 7.59. The minimum atomic E-state index is -3.51. The third-order valence-electron chi connectivity index (χ3n) is 5.82. The van der Waals surface area contributed by atoms with Crippen molar-refractivity contribution in [3.8, 4) is 10.6 Å². The predicted molar refractivity (Wildman–Crippen MR) is 130 cm³/mol. The van der Waals surface area contributed by atoms with Gasteiger partial charge in [0.05, 0.1) is 29.1 Å². The number of thiophene rings is 1. The second kappa shape index (κ2) is 10.6. The highest BCUT2D eigenvalue weighted by Gasteiger charge is 2.30. The number of rotatable bonds is 5. The van der Waals surface area contributed by atoms with Gasteiger partial charge in [-0.15, -0.1) is 11.3 Å². The highest BCUT2D eigenvalue weighted by atomic mass is 32.2. The average Bonchev–Trinajstić information content (AvgIpc) is 3.46. The van der Waals surface area contributed by atoms with E-state index in [1.807, 2.05) is 48.0 Å². The lowest BCUT2D eigenvalue weighted by Crippen LogP contribution is -2.38. The van der Waals surface area contributed by atoms with Gasteiger partial charge in [0, 0.05) is 38.2 Å². The first-order valence-corrected chi connectivity index (χ1v) is 13.7. The fourth-order valence-electron chi connectivity index (χ4n) is 4.24. The molecule has 33 heavy (non-hydrogen) atoms. The van der Waals surface area contributed by atoms with Crippen molar-refractivity contribution >= 4 is 27.3 Å². The Morgan fingerprint density at radius 2 is 1.94 bits per heavy atom. The number of nitrogens with one attached hydrogen (secondary N) is 2. The van der Waals surface area contributed by atoms with Gasteiger partial charge in [-0.3, -0.25) is 14.8 Å². The van der Waals surface area contributed by atoms with E-state index < -0.39 is 16.1 Å². The van der Waals surface area contributed by atoms with Gasteiger partial charge in [0.1, 0.15) is 0 Å². The van der Waals surface area contributed by atoms with E-state index >= 15 is 0 Å². The number of aromatic nitrogens is 2. The Bertz CT molecular complexity index is 1150. The number of sulfonamides is 1. The van der Waals surface area contributed by atoms with Crippen molar-refractivity contribution in [3.05, 3.63) is 65.2 Å². The molecule has 3 aromatic rings. The zero-order valence-corrected chi connectivity index (χ0v) is 20.2. The maximum absolute atomic E-state index is 12.7. The summed E-state index contributed by atoms with van der Waals surface area (Å²) in [6.45, 7) is 2.91. The number of carbonyl (C=O) groups is 1. The molecule has 3 heterocycles. The first-order chi connectivity index (χ1) is 15.9. The van der Waals surface area contributed by atoms with Crippen molar-refractivity contribution in [1.82, 2.24) is 24.7 Å². The fourth-order valence-corrected chi connectivity index (χ4v) is 6.12. The number of nitrogens with zero attached hydrogens (tertiary/aromatic N) is 3. The van der Waals surface area contributed by atoms with Crippen LogP contribution in [0.5, 0.6) is 0 Å². The topological polar surface area (TPSA) is 98.4 Å². The molecule has 0 radical (unpaired) electrons. The number of H-pyrrole nitrogens is 1. The van der Waals surface area contributed by atoms with E-state index in [9.17, 15) is 13.2 Å². The number of hydrogen-bond acceptors (Lipinski definition) is 6. The summed E-state index contributed by atoms with van der Waals surface area (Å²) in [6, 6.07) is 12.9. The van der Waals surface area contributed by atoms with Gasteiger partial charge in [0.25, 0.3) is 0 Å². The van der Waals surface area contributed by atoms with Crippen molar-refractivity contribution in [3.63, 3.8) is 0 Å². The lowest BCUT2D eigenvalue weighted by Gasteiger charge is -2.30. The molecule has 1 aliphatic rings. The molecular weight excluding hydrogens is 458 g/mol. The largest absolute Gasteiger partial charge is 0.355 e. The summed E-state index contributed by atoms with van der Waals surface area (Å²) in [7, 11) is -3.51. The zero-order valence-electron chi connectivity index (χ0n) is 18.6. The van der Waals surface area contributed by atoms with Gasteiger partial charge in [0.2, 0.25) is 15.9 Å². The van der Waals surface area contributed by atoms with Crippen molar-refractivity contribution in [1.29, 1.82) is 0 Å². The van der Waals surface area contributed by atoms with Gasteiger partial charge in [-0.2, -0.15) is 9.40 Å². The highest BCUT2D eigenvalue weighted by molar-refractivity contribution is 7.88. The summed E-state index contributed by atoms with van der Waals surface area (Å²) in [5, 5.41) is 12.3. The number of hydrogen-bond donors (Lipinski definition) is 2. The highest BCUT2D eigenvalue weighted by Crippen LogP contribution is 2.29. The molecule has 2 aromatic heterocycles. The Balaban J connectivity index is 1.54. The average molecular weight is 488 g/mol. The van der Waals surface area contributed by atoms with Gasteiger partial charge in [0.15, 0.2) is 0 Å². The minimum absolute atomic E-state index is 0.0986. The van der Waals surface area contributed by atoms with E-state index in [0.717, 1.165) is 21.7 Å². The zero-order chi connectivity index (χ0) is 23.3. The van der Waals surface area contributed by atoms with Crippen molar-refractivity contribution in [2.24, 2.45) is 0 Å². The maximum atomic E-state index is 12.7. The molecule has 0 aliphatic carbocycles. The molecule has 1 atom stereocenters. The number of carbonyl (C=O) groups excluding carboxylic acids is 1. The van der Waals surface area contributed by atoms with Gasteiger partial charge in [-0.25, -0.2) is 8.42 Å². The molecular formula is C23H29N5O3S2. The molecule has 1 amide bonds. The van der Waals surface area contributed by atoms with Crippen LogP contribution in [-0.2, 0) is 21.4 Å². The molecule has 1 saturated heterocycles. The summed E-state index contributed by atoms with van der Waals surface area (Å²) < 4.78 is 26.9. The first kappa shape index (κ1) is 23.6. The Labute approximate surface area is 198 Å². The predicted octanol–water partition coefficient (Wildman–Crippen LogP) is 2.85. The van der Waals surface area contributed by atoms with E-state index in [4.69, 9.17) is 0 Å². The van der Waals surface area contributed by atoms with Crippen LogP contribution in [0.1, 0.15) is 30.0 Å².